The number of hydrogen-bond acceptors (Lipinski definition) is 5. The maximum atomic E-state index is 5.89. The fourth-order valence-electron chi connectivity index (χ4n) is 2.94. The lowest BCUT2D eigenvalue weighted by atomic mass is 9.98. The summed E-state index contributed by atoms with van der Waals surface area (Å²) in [5.74, 6) is 2.78. The summed E-state index contributed by atoms with van der Waals surface area (Å²) in [5.41, 5.74) is 1.21. The molecular weight excluding hydrogens is 254 g/mol. The average molecular weight is 271 g/mol. The highest BCUT2D eigenvalue weighted by Crippen LogP contribution is 2.36. The molecule has 20 heavy (non-hydrogen) atoms. The topological polar surface area (TPSA) is 60.2 Å². The van der Waals surface area contributed by atoms with Gasteiger partial charge in [0.05, 0.1) is 0 Å². The molecule has 2 aliphatic rings. The zero-order valence-corrected chi connectivity index (χ0v) is 11.2. The highest BCUT2D eigenvalue weighted by molar-refractivity contribution is 5.37. The molecule has 0 bridgehead atoms. The zero-order valence-electron chi connectivity index (χ0n) is 11.2. The molecule has 4 rings (SSSR count). The molecule has 3 heterocycles. The van der Waals surface area contributed by atoms with Crippen LogP contribution in [0.25, 0.3) is 0 Å². The van der Waals surface area contributed by atoms with Crippen LogP contribution in [0.1, 0.15) is 42.1 Å². The highest BCUT2D eigenvalue weighted by Gasteiger charge is 2.30. The molecule has 2 aliphatic heterocycles. The van der Waals surface area contributed by atoms with Crippen LogP contribution in [0.2, 0.25) is 0 Å². The molecule has 1 aromatic carbocycles. The van der Waals surface area contributed by atoms with Crippen molar-refractivity contribution in [1.29, 1.82) is 0 Å². The third kappa shape index (κ3) is 2.08. The number of rotatable bonds is 2. The minimum Gasteiger partial charge on any atom is -0.480 e. The first-order valence-electron chi connectivity index (χ1n) is 7.19. The molecule has 0 saturated carbocycles. The Morgan fingerprint density at radius 1 is 1.15 bits per heavy atom. The van der Waals surface area contributed by atoms with Crippen molar-refractivity contribution in [3.63, 3.8) is 0 Å². The smallest absolute Gasteiger partial charge is 0.268 e. The molecule has 2 aromatic rings. The van der Waals surface area contributed by atoms with Crippen molar-refractivity contribution in [2.24, 2.45) is 0 Å². The van der Waals surface area contributed by atoms with Gasteiger partial charge in [-0.3, -0.25) is 0 Å². The summed E-state index contributed by atoms with van der Waals surface area (Å²) < 4.78 is 11.3. The summed E-state index contributed by atoms with van der Waals surface area (Å²) in [4.78, 5) is 4.57. The minimum absolute atomic E-state index is 0.129. The van der Waals surface area contributed by atoms with E-state index < -0.39 is 0 Å². The fourth-order valence-corrected chi connectivity index (χ4v) is 2.94. The Bertz CT molecular complexity index is 580. The van der Waals surface area contributed by atoms with Gasteiger partial charge in [0.2, 0.25) is 0 Å². The molecule has 1 N–H and O–H groups in total. The summed E-state index contributed by atoms with van der Waals surface area (Å²) in [6, 6.07) is 8.08. The van der Waals surface area contributed by atoms with Crippen molar-refractivity contribution in [3.8, 4) is 5.75 Å². The van der Waals surface area contributed by atoms with Crippen molar-refractivity contribution in [2.45, 2.75) is 31.3 Å². The van der Waals surface area contributed by atoms with Crippen molar-refractivity contribution in [2.75, 3.05) is 13.1 Å². The van der Waals surface area contributed by atoms with E-state index in [9.17, 15) is 0 Å². The third-order valence-electron chi connectivity index (χ3n) is 4.08. The van der Waals surface area contributed by atoms with E-state index in [-0.39, 0.29) is 6.10 Å². The molecular formula is C15H17N3O2. The molecule has 0 spiro atoms. The zero-order chi connectivity index (χ0) is 13.4. The van der Waals surface area contributed by atoms with E-state index in [0.717, 1.165) is 43.9 Å². The van der Waals surface area contributed by atoms with Gasteiger partial charge in [0.1, 0.15) is 5.75 Å². The summed E-state index contributed by atoms with van der Waals surface area (Å²) in [6.45, 7) is 2.06. The second-order valence-corrected chi connectivity index (χ2v) is 5.43. The van der Waals surface area contributed by atoms with E-state index in [0.29, 0.717) is 11.8 Å². The number of benzene rings is 1. The van der Waals surface area contributed by atoms with Gasteiger partial charge in [-0.15, -0.1) is 0 Å². The van der Waals surface area contributed by atoms with Crippen LogP contribution >= 0.6 is 0 Å². The van der Waals surface area contributed by atoms with Gasteiger partial charge in [-0.25, -0.2) is 0 Å². The number of nitrogens with one attached hydrogen (secondary N) is 1. The number of ether oxygens (including phenoxy) is 1. The lowest BCUT2D eigenvalue weighted by Gasteiger charge is -2.19. The molecule has 5 heteroatoms. The van der Waals surface area contributed by atoms with Gasteiger partial charge in [0.15, 0.2) is 11.9 Å². The van der Waals surface area contributed by atoms with Crippen LogP contribution in [-0.2, 0) is 6.42 Å². The lowest BCUT2D eigenvalue weighted by molar-refractivity contribution is 0.183. The van der Waals surface area contributed by atoms with E-state index in [1.54, 1.807) is 0 Å². The monoisotopic (exact) mass is 271 g/mol. The van der Waals surface area contributed by atoms with E-state index in [2.05, 4.69) is 21.5 Å². The normalized spacial score (nSPS) is 22.5. The first-order chi connectivity index (χ1) is 9.90. The van der Waals surface area contributed by atoms with Gasteiger partial charge >= 0.3 is 0 Å². The maximum absolute atomic E-state index is 5.89. The first-order valence-corrected chi connectivity index (χ1v) is 7.19. The van der Waals surface area contributed by atoms with Crippen LogP contribution in [-0.4, -0.2) is 23.2 Å². The largest absolute Gasteiger partial charge is 0.480 e. The maximum Gasteiger partial charge on any atom is 0.268 e. The quantitative estimate of drug-likeness (QED) is 0.907. The van der Waals surface area contributed by atoms with Crippen molar-refractivity contribution in [1.82, 2.24) is 15.5 Å². The second-order valence-electron chi connectivity index (χ2n) is 5.43. The predicted octanol–water partition coefficient (Wildman–Crippen LogP) is 2.21. The van der Waals surface area contributed by atoms with Gasteiger partial charge in [0.25, 0.3) is 5.89 Å². The standard InChI is InChI=1S/C15H17N3O2/c1-2-4-12-11(3-1)9-13(19-12)15-17-14(18-20-15)10-5-7-16-8-6-10/h1-4,10,13,16H,5-9H2. The van der Waals surface area contributed by atoms with Crippen LogP contribution in [0.3, 0.4) is 0 Å². The van der Waals surface area contributed by atoms with Gasteiger partial charge in [-0.05, 0) is 37.6 Å². The Hall–Kier alpha value is -1.88. The molecule has 0 amide bonds. The van der Waals surface area contributed by atoms with E-state index in [1.165, 1.54) is 5.56 Å². The van der Waals surface area contributed by atoms with Crippen LogP contribution in [0.15, 0.2) is 28.8 Å². The van der Waals surface area contributed by atoms with Crippen molar-refractivity contribution >= 4 is 0 Å². The van der Waals surface area contributed by atoms with Crippen molar-refractivity contribution < 1.29 is 9.26 Å². The molecule has 1 atom stereocenters. The number of fused-ring (bicyclic) bond motifs is 1. The van der Waals surface area contributed by atoms with Crippen LogP contribution in [0.5, 0.6) is 5.75 Å². The molecule has 1 saturated heterocycles. The molecule has 1 fully saturated rings. The molecule has 0 radical (unpaired) electrons. The van der Waals surface area contributed by atoms with Crippen LogP contribution in [0, 0.1) is 0 Å². The second kappa shape index (κ2) is 4.90. The Kier molecular flexibility index (Phi) is 2.92. The van der Waals surface area contributed by atoms with Gasteiger partial charge in [0, 0.05) is 12.3 Å². The fraction of sp³-hybridized carbons (Fsp3) is 0.467. The van der Waals surface area contributed by atoms with E-state index in [1.807, 2.05) is 18.2 Å². The summed E-state index contributed by atoms with van der Waals surface area (Å²) in [5, 5.41) is 7.50. The predicted molar refractivity (Wildman–Crippen MR) is 72.7 cm³/mol. The van der Waals surface area contributed by atoms with Gasteiger partial charge < -0.3 is 14.6 Å². The number of aromatic nitrogens is 2. The van der Waals surface area contributed by atoms with Crippen LogP contribution < -0.4 is 10.1 Å². The molecule has 104 valence electrons. The Balaban J connectivity index is 1.52. The first kappa shape index (κ1) is 11.9. The Labute approximate surface area is 117 Å². The average Bonchev–Trinajstić information content (AvgIpc) is 3.14. The molecule has 1 aromatic heterocycles. The minimum atomic E-state index is -0.129. The summed E-state index contributed by atoms with van der Waals surface area (Å²) >= 11 is 0. The number of nitrogens with zero attached hydrogens (tertiary/aromatic N) is 2. The highest BCUT2D eigenvalue weighted by atomic mass is 16.5. The number of para-hydroxylation sites is 1. The SMILES string of the molecule is c1ccc2c(c1)CC(c1nc(C3CCNCC3)no1)O2. The number of piperidine rings is 1. The molecule has 0 aliphatic carbocycles. The molecule has 5 nitrogen and oxygen atoms in total. The van der Waals surface area contributed by atoms with E-state index in [4.69, 9.17) is 9.26 Å². The third-order valence-corrected chi connectivity index (χ3v) is 4.08. The van der Waals surface area contributed by atoms with Crippen molar-refractivity contribution in [3.05, 3.63) is 41.5 Å². The van der Waals surface area contributed by atoms with Crippen LogP contribution in [0.4, 0.5) is 0 Å². The summed E-state index contributed by atoms with van der Waals surface area (Å²) in [7, 11) is 0. The van der Waals surface area contributed by atoms with E-state index >= 15 is 0 Å². The van der Waals surface area contributed by atoms with Gasteiger partial charge in [-0.1, -0.05) is 23.4 Å². The Morgan fingerprint density at radius 2 is 2.00 bits per heavy atom. The molecule has 1 unspecified atom stereocenters. The number of hydrogen-bond donors (Lipinski definition) is 1. The lowest BCUT2D eigenvalue weighted by Crippen LogP contribution is -2.27. The Morgan fingerprint density at radius 3 is 2.85 bits per heavy atom. The van der Waals surface area contributed by atoms with Gasteiger partial charge in [-0.2, -0.15) is 4.98 Å². The summed E-state index contributed by atoms with van der Waals surface area (Å²) in [6.07, 6.45) is 2.83.